The Morgan fingerprint density at radius 2 is 2.13 bits per heavy atom. The number of hydrogen-bond acceptors (Lipinski definition) is 8. The Hall–Kier alpha value is -2.24. The molecule has 0 radical (unpaired) electrons. The van der Waals surface area contributed by atoms with E-state index in [4.69, 9.17) is 9.72 Å². The topological polar surface area (TPSA) is 89.9 Å². The molecule has 1 amide bonds. The molecule has 1 unspecified atom stereocenters. The van der Waals surface area contributed by atoms with Crippen molar-refractivity contribution in [3.8, 4) is 0 Å². The zero-order valence-corrected chi connectivity index (χ0v) is 19.1. The number of hydrogen-bond donors (Lipinski definition) is 0. The monoisotopic (exact) mass is 457 g/mol. The quantitative estimate of drug-likeness (QED) is 0.436. The van der Waals surface area contributed by atoms with Gasteiger partial charge in [-0.1, -0.05) is 18.7 Å². The summed E-state index contributed by atoms with van der Waals surface area (Å²) in [7, 11) is 0. The number of thiophene rings is 1. The molecule has 6 rings (SSSR count). The molecule has 1 aliphatic heterocycles. The third-order valence-electron chi connectivity index (χ3n) is 6.12. The summed E-state index contributed by atoms with van der Waals surface area (Å²) in [4.78, 5) is 21.8. The van der Waals surface area contributed by atoms with Crippen LogP contribution in [0.4, 0.5) is 0 Å². The predicted molar refractivity (Wildman–Crippen MR) is 119 cm³/mol. The number of morpholine rings is 1. The lowest BCUT2D eigenvalue weighted by molar-refractivity contribution is -0.132. The van der Waals surface area contributed by atoms with E-state index in [2.05, 4.69) is 26.6 Å². The van der Waals surface area contributed by atoms with Crippen LogP contribution >= 0.6 is 23.1 Å². The van der Waals surface area contributed by atoms with E-state index in [9.17, 15) is 4.79 Å². The molecule has 1 saturated heterocycles. The van der Waals surface area contributed by atoms with E-state index in [1.165, 1.54) is 34.0 Å². The van der Waals surface area contributed by atoms with Gasteiger partial charge in [-0.05, 0) is 37.7 Å². The molecule has 11 heteroatoms. The van der Waals surface area contributed by atoms with Gasteiger partial charge < -0.3 is 9.64 Å². The minimum atomic E-state index is 0.110. The standard InChI is InChI=1S/C20H23N7O2S2/c1-11-3-4-14-13(9-11)16-17-21-12(2)24-27(17)19-22-23-20(26(19)18(16)31-14)30-10-15(28)25-5-7-29-8-6-25/h11H,3-10H2,1-2H3. The van der Waals surface area contributed by atoms with Gasteiger partial charge in [0.1, 0.15) is 10.7 Å². The largest absolute Gasteiger partial charge is 0.378 e. The van der Waals surface area contributed by atoms with Crippen molar-refractivity contribution in [1.82, 2.24) is 34.1 Å². The van der Waals surface area contributed by atoms with E-state index in [0.29, 0.717) is 43.8 Å². The maximum atomic E-state index is 12.7. The highest BCUT2D eigenvalue weighted by Crippen LogP contribution is 2.41. The van der Waals surface area contributed by atoms with Gasteiger partial charge in [0, 0.05) is 18.0 Å². The molecule has 31 heavy (non-hydrogen) atoms. The summed E-state index contributed by atoms with van der Waals surface area (Å²) < 4.78 is 9.24. The van der Waals surface area contributed by atoms with Crippen LogP contribution in [-0.2, 0) is 22.4 Å². The number of nitrogens with zero attached hydrogens (tertiary/aromatic N) is 7. The van der Waals surface area contributed by atoms with Gasteiger partial charge in [-0.25, -0.2) is 9.38 Å². The van der Waals surface area contributed by atoms with E-state index < -0.39 is 0 Å². The third kappa shape index (κ3) is 3.13. The molecule has 0 spiro atoms. The van der Waals surface area contributed by atoms with E-state index in [-0.39, 0.29) is 5.91 Å². The lowest BCUT2D eigenvalue weighted by Crippen LogP contribution is -2.41. The number of ether oxygens (including phenoxy) is 1. The molecule has 4 aromatic heterocycles. The minimum Gasteiger partial charge on any atom is -0.378 e. The maximum absolute atomic E-state index is 12.7. The average Bonchev–Trinajstić information content (AvgIpc) is 3.46. The van der Waals surface area contributed by atoms with Crippen LogP contribution < -0.4 is 0 Å². The van der Waals surface area contributed by atoms with Gasteiger partial charge in [0.15, 0.2) is 10.8 Å². The van der Waals surface area contributed by atoms with Crippen molar-refractivity contribution in [1.29, 1.82) is 0 Å². The van der Waals surface area contributed by atoms with Gasteiger partial charge in [0.05, 0.1) is 24.4 Å². The molecule has 0 saturated carbocycles. The predicted octanol–water partition coefficient (Wildman–Crippen LogP) is 2.37. The second kappa shape index (κ2) is 7.42. The Morgan fingerprint density at radius 1 is 1.29 bits per heavy atom. The van der Waals surface area contributed by atoms with Crippen molar-refractivity contribution in [3.63, 3.8) is 0 Å². The fraction of sp³-hybridized carbons (Fsp3) is 0.550. The van der Waals surface area contributed by atoms with Gasteiger partial charge in [-0.15, -0.1) is 26.6 Å². The summed E-state index contributed by atoms with van der Waals surface area (Å²) in [6.45, 7) is 6.73. The minimum absolute atomic E-state index is 0.110. The summed E-state index contributed by atoms with van der Waals surface area (Å²) in [5.74, 6) is 2.47. The molecule has 162 valence electrons. The highest BCUT2D eigenvalue weighted by Gasteiger charge is 2.27. The Labute approximate surface area is 186 Å². The number of thioether (sulfide) groups is 1. The van der Waals surface area contributed by atoms with Crippen molar-refractivity contribution in [3.05, 3.63) is 16.3 Å². The first kappa shape index (κ1) is 19.4. The van der Waals surface area contributed by atoms with Crippen LogP contribution in [0.2, 0.25) is 0 Å². The van der Waals surface area contributed by atoms with Crippen molar-refractivity contribution < 1.29 is 9.53 Å². The van der Waals surface area contributed by atoms with E-state index in [1.807, 2.05) is 27.7 Å². The number of rotatable bonds is 3. The average molecular weight is 458 g/mol. The highest BCUT2D eigenvalue weighted by atomic mass is 32.2. The maximum Gasteiger partial charge on any atom is 0.260 e. The van der Waals surface area contributed by atoms with E-state index in [1.54, 1.807) is 0 Å². The molecular formula is C20H23N7O2S2. The van der Waals surface area contributed by atoms with Crippen molar-refractivity contribution in [2.24, 2.45) is 5.92 Å². The Bertz CT molecular complexity index is 1320. The van der Waals surface area contributed by atoms with Gasteiger partial charge in [-0.3, -0.25) is 4.79 Å². The van der Waals surface area contributed by atoms with Crippen LogP contribution in [0.5, 0.6) is 0 Å². The van der Waals surface area contributed by atoms with Crippen LogP contribution in [0.1, 0.15) is 29.6 Å². The molecule has 2 aliphatic rings. The molecule has 0 N–H and O–H groups in total. The number of carbonyl (C=O) groups is 1. The fourth-order valence-corrected chi connectivity index (χ4v) is 6.78. The second-order valence-electron chi connectivity index (χ2n) is 8.33. The molecule has 1 aliphatic carbocycles. The number of amides is 1. The molecular weight excluding hydrogens is 434 g/mol. The van der Waals surface area contributed by atoms with Gasteiger partial charge >= 0.3 is 0 Å². The molecule has 9 nitrogen and oxygen atoms in total. The summed E-state index contributed by atoms with van der Waals surface area (Å²) in [6.07, 6.45) is 3.36. The SMILES string of the molecule is Cc1nc2c3c4c(sc3n3c(SCC(=O)N5CCOCC5)nnc3n2n1)CCC(C)C4. The van der Waals surface area contributed by atoms with Crippen molar-refractivity contribution >= 4 is 50.6 Å². The molecule has 1 atom stereocenters. The van der Waals surface area contributed by atoms with Crippen LogP contribution in [0.3, 0.4) is 0 Å². The molecule has 5 heterocycles. The zero-order chi connectivity index (χ0) is 21.1. The fourth-order valence-electron chi connectivity index (χ4n) is 4.55. The lowest BCUT2D eigenvalue weighted by atomic mass is 9.89. The van der Waals surface area contributed by atoms with Crippen molar-refractivity contribution in [2.45, 2.75) is 38.3 Å². The normalized spacial score (nSPS) is 19.5. The summed E-state index contributed by atoms with van der Waals surface area (Å²) in [5.41, 5.74) is 2.26. The lowest BCUT2D eigenvalue weighted by Gasteiger charge is -2.26. The number of aromatic nitrogens is 6. The highest BCUT2D eigenvalue weighted by molar-refractivity contribution is 7.99. The number of fused-ring (bicyclic) bond motifs is 8. The Balaban J connectivity index is 1.47. The zero-order valence-electron chi connectivity index (χ0n) is 17.5. The third-order valence-corrected chi connectivity index (χ3v) is 8.31. The summed E-state index contributed by atoms with van der Waals surface area (Å²) >= 11 is 3.25. The van der Waals surface area contributed by atoms with Crippen LogP contribution in [0.15, 0.2) is 5.16 Å². The Kier molecular flexibility index (Phi) is 4.65. The van der Waals surface area contributed by atoms with E-state index in [0.717, 1.165) is 34.3 Å². The Morgan fingerprint density at radius 3 is 2.97 bits per heavy atom. The summed E-state index contributed by atoms with van der Waals surface area (Å²) in [5, 5.41) is 15.4. The molecule has 0 bridgehead atoms. The number of aryl methyl sites for hydroxylation is 2. The molecule has 4 aromatic rings. The second-order valence-corrected chi connectivity index (χ2v) is 10.4. The number of carbonyl (C=O) groups excluding carboxylic acids is 1. The van der Waals surface area contributed by atoms with Crippen LogP contribution in [-0.4, -0.2) is 72.1 Å². The first-order chi connectivity index (χ1) is 15.1. The van der Waals surface area contributed by atoms with Crippen molar-refractivity contribution in [2.75, 3.05) is 32.1 Å². The van der Waals surface area contributed by atoms with Gasteiger partial charge in [0.25, 0.3) is 5.78 Å². The molecule has 0 aromatic carbocycles. The van der Waals surface area contributed by atoms with Gasteiger partial charge in [0.2, 0.25) is 5.91 Å². The van der Waals surface area contributed by atoms with Crippen LogP contribution in [0.25, 0.3) is 21.6 Å². The first-order valence-electron chi connectivity index (χ1n) is 10.6. The smallest absolute Gasteiger partial charge is 0.260 e. The van der Waals surface area contributed by atoms with E-state index >= 15 is 0 Å². The first-order valence-corrected chi connectivity index (χ1v) is 12.4. The molecule has 1 fully saturated rings. The summed E-state index contributed by atoms with van der Waals surface area (Å²) in [6, 6.07) is 0. The van der Waals surface area contributed by atoms with Gasteiger partial charge in [-0.2, -0.15) is 4.52 Å². The van der Waals surface area contributed by atoms with Crippen LogP contribution in [0, 0.1) is 12.8 Å².